The zero-order valence-electron chi connectivity index (χ0n) is 10.1. The highest BCUT2D eigenvalue weighted by Gasteiger charge is 2.18. The minimum Gasteiger partial charge on any atom is -0.207 e. The molecule has 0 heterocycles. The highest BCUT2D eigenvalue weighted by Crippen LogP contribution is 2.22. The van der Waals surface area contributed by atoms with Crippen molar-refractivity contribution in [1.29, 1.82) is 0 Å². The third kappa shape index (κ3) is 3.30. The molecule has 0 unspecified atom stereocenters. The third-order valence-electron chi connectivity index (χ3n) is 2.63. The molecule has 0 saturated heterocycles. The fourth-order valence-corrected chi connectivity index (χ4v) is 3.35. The fourth-order valence-electron chi connectivity index (χ4n) is 1.61. The van der Waals surface area contributed by atoms with E-state index in [1.165, 1.54) is 30.3 Å². The average Bonchev–Trinajstić information content (AvgIpc) is 2.38. The van der Waals surface area contributed by atoms with Crippen molar-refractivity contribution in [3.8, 4) is 0 Å². The Morgan fingerprint density at radius 1 is 1.00 bits per heavy atom. The van der Waals surface area contributed by atoms with Crippen LogP contribution in [0.3, 0.4) is 0 Å². The number of rotatable bonds is 4. The minimum absolute atomic E-state index is 0.0610. The van der Waals surface area contributed by atoms with Gasteiger partial charge in [0.05, 0.1) is 5.02 Å². The lowest BCUT2D eigenvalue weighted by Crippen LogP contribution is -2.24. The summed E-state index contributed by atoms with van der Waals surface area (Å²) >= 11 is 11.7. The van der Waals surface area contributed by atoms with Crippen LogP contribution in [0.1, 0.15) is 5.56 Å². The number of sulfonamides is 1. The van der Waals surface area contributed by atoms with Gasteiger partial charge in [-0.2, -0.15) is 0 Å². The minimum atomic E-state index is -3.83. The first kappa shape index (κ1) is 15.3. The molecule has 0 bridgehead atoms. The maximum absolute atomic E-state index is 13.6. The quantitative estimate of drug-likeness (QED) is 0.928. The topological polar surface area (TPSA) is 46.2 Å². The fraction of sp³-hybridized carbons (Fsp3) is 0.0769. The maximum Gasteiger partial charge on any atom is 0.242 e. The molecule has 0 amide bonds. The third-order valence-corrected chi connectivity index (χ3v) is 4.88. The van der Waals surface area contributed by atoms with Crippen LogP contribution in [0.15, 0.2) is 47.4 Å². The zero-order chi connectivity index (χ0) is 14.8. The van der Waals surface area contributed by atoms with E-state index in [2.05, 4.69) is 4.72 Å². The molecule has 0 radical (unpaired) electrons. The first-order chi connectivity index (χ1) is 9.42. The van der Waals surface area contributed by atoms with Crippen LogP contribution in [-0.2, 0) is 16.6 Å². The van der Waals surface area contributed by atoms with Crippen molar-refractivity contribution in [3.05, 3.63) is 63.9 Å². The summed E-state index contributed by atoms with van der Waals surface area (Å²) in [6.07, 6.45) is 0. The Morgan fingerprint density at radius 3 is 2.30 bits per heavy atom. The zero-order valence-corrected chi connectivity index (χ0v) is 12.4. The molecule has 0 spiro atoms. The molecule has 3 nitrogen and oxygen atoms in total. The molecule has 0 aliphatic rings. The second-order valence-corrected chi connectivity index (χ2v) is 6.50. The summed E-state index contributed by atoms with van der Waals surface area (Å²) in [5.74, 6) is -0.570. The monoisotopic (exact) mass is 333 g/mol. The van der Waals surface area contributed by atoms with E-state index in [9.17, 15) is 12.8 Å². The van der Waals surface area contributed by atoms with Crippen molar-refractivity contribution in [2.75, 3.05) is 0 Å². The van der Waals surface area contributed by atoms with E-state index in [4.69, 9.17) is 23.2 Å². The smallest absolute Gasteiger partial charge is 0.207 e. The largest absolute Gasteiger partial charge is 0.242 e. The van der Waals surface area contributed by atoms with Crippen LogP contribution in [0.4, 0.5) is 4.39 Å². The van der Waals surface area contributed by atoms with Crippen LogP contribution in [0.5, 0.6) is 0 Å². The highest BCUT2D eigenvalue weighted by molar-refractivity contribution is 7.89. The number of nitrogens with one attached hydrogen (secondary N) is 1. The van der Waals surface area contributed by atoms with Gasteiger partial charge in [0.15, 0.2) is 0 Å². The van der Waals surface area contributed by atoms with Crippen LogP contribution in [-0.4, -0.2) is 8.42 Å². The summed E-state index contributed by atoms with van der Waals surface area (Å²) in [4.78, 5) is -0.0610. The molecule has 0 aliphatic carbocycles. The van der Waals surface area contributed by atoms with Gasteiger partial charge < -0.3 is 0 Å². The molecule has 7 heteroatoms. The van der Waals surface area contributed by atoms with E-state index in [1.54, 1.807) is 12.1 Å². The van der Waals surface area contributed by atoms with Crippen molar-refractivity contribution in [2.24, 2.45) is 0 Å². The van der Waals surface area contributed by atoms with Gasteiger partial charge in [0.25, 0.3) is 0 Å². The van der Waals surface area contributed by atoms with Crippen LogP contribution in [0.25, 0.3) is 0 Å². The van der Waals surface area contributed by atoms with Crippen molar-refractivity contribution in [2.45, 2.75) is 11.4 Å². The number of hydrogen-bond acceptors (Lipinski definition) is 2. The lowest BCUT2D eigenvalue weighted by Gasteiger charge is -2.10. The standard InChI is InChI=1S/C13H10Cl2FNO2S/c14-10-5-3-6-12(16)9(10)8-17-20(18,19)13-7-2-1-4-11(13)15/h1-7,17H,8H2. The number of hydrogen-bond donors (Lipinski definition) is 1. The molecule has 0 atom stereocenters. The van der Waals surface area contributed by atoms with E-state index >= 15 is 0 Å². The highest BCUT2D eigenvalue weighted by atomic mass is 35.5. The summed E-state index contributed by atoms with van der Waals surface area (Å²) in [5, 5.41) is 0.256. The number of halogens is 3. The van der Waals surface area contributed by atoms with Gasteiger partial charge in [-0.25, -0.2) is 17.5 Å². The van der Waals surface area contributed by atoms with Crippen LogP contribution in [0, 0.1) is 5.82 Å². The van der Waals surface area contributed by atoms with E-state index in [-0.39, 0.29) is 27.0 Å². The molecular formula is C13H10Cl2FNO2S. The molecule has 2 aromatic rings. The molecule has 2 rings (SSSR count). The molecule has 2 aromatic carbocycles. The van der Waals surface area contributed by atoms with Crippen molar-refractivity contribution >= 4 is 33.2 Å². The Balaban J connectivity index is 2.25. The Labute approximate surface area is 126 Å². The van der Waals surface area contributed by atoms with Crippen molar-refractivity contribution in [1.82, 2.24) is 4.72 Å². The van der Waals surface area contributed by atoms with E-state index in [1.807, 2.05) is 0 Å². The summed E-state index contributed by atoms with van der Waals surface area (Å²) in [5.41, 5.74) is 0.0878. The summed E-state index contributed by atoms with van der Waals surface area (Å²) < 4.78 is 40.0. The predicted molar refractivity (Wildman–Crippen MR) is 76.9 cm³/mol. The summed E-state index contributed by atoms with van der Waals surface area (Å²) in [7, 11) is -3.83. The molecule has 0 aromatic heterocycles. The lowest BCUT2D eigenvalue weighted by molar-refractivity contribution is 0.574. The number of benzene rings is 2. The Morgan fingerprint density at radius 2 is 1.65 bits per heavy atom. The second kappa shape index (κ2) is 6.10. The molecule has 0 saturated carbocycles. The lowest BCUT2D eigenvalue weighted by atomic mass is 10.2. The van der Waals surface area contributed by atoms with Gasteiger partial charge in [0.1, 0.15) is 10.7 Å². The van der Waals surface area contributed by atoms with Gasteiger partial charge in [-0.15, -0.1) is 0 Å². The maximum atomic E-state index is 13.6. The normalized spacial score (nSPS) is 11.6. The SMILES string of the molecule is O=S(=O)(NCc1c(F)cccc1Cl)c1ccccc1Cl. The molecule has 0 aliphatic heterocycles. The van der Waals surface area contributed by atoms with Gasteiger partial charge in [-0.3, -0.25) is 0 Å². The van der Waals surface area contributed by atoms with Gasteiger partial charge in [0.2, 0.25) is 10.0 Å². The van der Waals surface area contributed by atoms with E-state index in [0.717, 1.165) is 0 Å². The van der Waals surface area contributed by atoms with E-state index in [0.29, 0.717) is 0 Å². The molecule has 1 N–H and O–H groups in total. The average molecular weight is 334 g/mol. The molecule has 20 heavy (non-hydrogen) atoms. The van der Waals surface area contributed by atoms with Crippen molar-refractivity contribution in [3.63, 3.8) is 0 Å². The van der Waals surface area contributed by atoms with Gasteiger partial charge in [-0.05, 0) is 24.3 Å². The van der Waals surface area contributed by atoms with Crippen LogP contribution < -0.4 is 4.72 Å². The summed E-state index contributed by atoms with van der Waals surface area (Å²) in [6, 6.07) is 10.2. The molecule has 106 valence electrons. The predicted octanol–water partition coefficient (Wildman–Crippen LogP) is 3.61. The van der Waals surface area contributed by atoms with Crippen LogP contribution in [0.2, 0.25) is 10.0 Å². The molecule has 0 fully saturated rings. The molecular weight excluding hydrogens is 324 g/mol. The Bertz CT molecular complexity index is 715. The van der Waals surface area contributed by atoms with E-state index < -0.39 is 15.8 Å². The van der Waals surface area contributed by atoms with Crippen LogP contribution >= 0.6 is 23.2 Å². The Hall–Kier alpha value is -1.14. The van der Waals surface area contributed by atoms with Crippen molar-refractivity contribution < 1.29 is 12.8 Å². The first-order valence-electron chi connectivity index (χ1n) is 5.59. The van der Waals surface area contributed by atoms with Gasteiger partial charge >= 0.3 is 0 Å². The Kier molecular flexibility index (Phi) is 4.65. The van der Waals surface area contributed by atoms with Gasteiger partial charge in [0, 0.05) is 17.1 Å². The summed E-state index contributed by atoms with van der Waals surface area (Å²) in [6.45, 7) is -0.251. The second-order valence-electron chi connectivity index (χ2n) is 3.96. The van der Waals surface area contributed by atoms with Gasteiger partial charge in [-0.1, -0.05) is 41.4 Å². The first-order valence-corrected chi connectivity index (χ1v) is 7.83.